The molecule has 0 bridgehead atoms. The summed E-state index contributed by atoms with van der Waals surface area (Å²) in [5.74, 6) is -1.22. The summed E-state index contributed by atoms with van der Waals surface area (Å²) in [6.07, 6.45) is -0.256. The third-order valence-electron chi connectivity index (χ3n) is 8.58. The fraction of sp³-hybridized carbons (Fsp3) is 0.312. The van der Waals surface area contributed by atoms with Crippen molar-refractivity contribution in [3.05, 3.63) is 124 Å². The monoisotopic (exact) mass is 662 g/mol. The van der Waals surface area contributed by atoms with Crippen LogP contribution in [0.25, 0.3) is 0 Å². The number of quaternary nitrogens is 1. The van der Waals surface area contributed by atoms with Crippen LogP contribution in [0.2, 0.25) is 0 Å². The fourth-order valence-electron chi connectivity index (χ4n) is 6.10. The Bertz CT molecular complexity index is 1870. The number of fused-ring (bicyclic) bond motifs is 1. The standard InChI is InChI=1S/C32H32N5O9S/c1-32(28(35-26(38)17-27(35)47(32,42)43)31(39)46-20-24-13-15-25(16-14-24)36(40)41)21-37(2)30(45-19-23-11-7-4-8-12-23)29(33-34-37)44-18-22-9-5-3-6-10-22/h3-16,27-28H,17-21H2,1-2H3/q+1/t27-,28-,32-,37?/m0/s1. The molecule has 2 fully saturated rings. The predicted octanol–water partition coefficient (Wildman–Crippen LogP) is 4.14. The first-order valence-electron chi connectivity index (χ1n) is 14.7. The van der Waals surface area contributed by atoms with Crippen molar-refractivity contribution in [3.8, 4) is 0 Å². The van der Waals surface area contributed by atoms with Gasteiger partial charge < -0.3 is 19.1 Å². The lowest BCUT2D eigenvalue weighted by Gasteiger charge is -2.37. The summed E-state index contributed by atoms with van der Waals surface area (Å²) in [6, 6.07) is 22.6. The number of amides is 1. The van der Waals surface area contributed by atoms with Gasteiger partial charge in [-0.3, -0.25) is 14.9 Å². The van der Waals surface area contributed by atoms with Crippen molar-refractivity contribution in [2.75, 3.05) is 13.6 Å². The zero-order chi connectivity index (χ0) is 33.4. The highest BCUT2D eigenvalue weighted by molar-refractivity contribution is 7.94. The Morgan fingerprint density at radius 3 is 2.11 bits per heavy atom. The van der Waals surface area contributed by atoms with Crippen LogP contribution in [-0.2, 0) is 53.5 Å². The van der Waals surface area contributed by atoms with Gasteiger partial charge in [0, 0.05) is 17.4 Å². The molecule has 14 nitrogen and oxygen atoms in total. The van der Waals surface area contributed by atoms with Crippen molar-refractivity contribution in [3.63, 3.8) is 0 Å². The number of carbonyl (C=O) groups is 2. The van der Waals surface area contributed by atoms with Gasteiger partial charge in [-0.1, -0.05) is 65.8 Å². The third-order valence-corrected chi connectivity index (χ3v) is 11.3. The maximum atomic E-state index is 14.1. The summed E-state index contributed by atoms with van der Waals surface area (Å²) in [5.41, 5.74) is 2.02. The van der Waals surface area contributed by atoms with Gasteiger partial charge in [-0.25, -0.2) is 13.2 Å². The Morgan fingerprint density at radius 2 is 1.53 bits per heavy atom. The maximum Gasteiger partial charge on any atom is 0.386 e. The van der Waals surface area contributed by atoms with Gasteiger partial charge in [-0.15, -0.1) is 4.59 Å². The number of non-ortho nitro benzene ring substituents is 1. The van der Waals surface area contributed by atoms with E-state index in [2.05, 4.69) is 10.3 Å². The van der Waals surface area contributed by atoms with E-state index in [-0.39, 0.29) is 50.2 Å². The van der Waals surface area contributed by atoms with Crippen molar-refractivity contribution in [1.29, 1.82) is 0 Å². The number of benzene rings is 3. The topological polar surface area (TPSA) is 167 Å². The summed E-state index contributed by atoms with van der Waals surface area (Å²) in [5, 5.41) is 18.4. The normalized spacial score (nSPS) is 25.7. The van der Waals surface area contributed by atoms with E-state index in [1.54, 1.807) is 7.05 Å². The number of hydrogen-bond donors (Lipinski definition) is 0. The molecule has 0 aliphatic carbocycles. The minimum absolute atomic E-state index is 0.0583. The molecule has 0 spiro atoms. The highest BCUT2D eigenvalue weighted by Gasteiger charge is 2.73. The first kappa shape index (κ1) is 31.8. The molecule has 3 aromatic rings. The molecular weight excluding hydrogens is 630 g/mol. The molecule has 0 N–H and O–H groups in total. The molecule has 0 radical (unpaired) electrons. The number of nitro groups is 1. The van der Waals surface area contributed by atoms with Crippen molar-refractivity contribution < 1.29 is 41.7 Å². The molecule has 0 aromatic heterocycles. The molecule has 3 aliphatic rings. The Balaban J connectivity index is 1.29. The number of esters is 1. The Kier molecular flexibility index (Phi) is 8.27. The molecule has 1 unspecified atom stereocenters. The van der Waals surface area contributed by atoms with Crippen LogP contribution in [0.4, 0.5) is 5.69 Å². The lowest BCUT2D eigenvalue weighted by molar-refractivity contribution is -0.897. The second-order valence-corrected chi connectivity index (χ2v) is 14.5. The van der Waals surface area contributed by atoms with Crippen molar-refractivity contribution in [2.24, 2.45) is 10.3 Å². The molecule has 244 valence electrons. The summed E-state index contributed by atoms with van der Waals surface area (Å²) < 4.78 is 43.6. The average Bonchev–Trinajstić information content (AvgIpc) is 3.43. The number of hydrogen-bond acceptors (Lipinski definition) is 11. The summed E-state index contributed by atoms with van der Waals surface area (Å²) in [7, 11) is -2.55. The van der Waals surface area contributed by atoms with Crippen LogP contribution < -0.4 is 0 Å². The third kappa shape index (κ3) is 5.83. The van der Waals surface area contributed by atoms with Crippen LogP contribution in [0.5, 0.6) is 0 Å². The molecule has 47 heavy (non-hydrogen) atoms. The number of carbonyl (C=O) groups excluding carboxylic acids is 2. The lowest BCUT2D eigenvalue weighted by Crippen LogP contribution is -2.61. The van der Waals surface area contributed by atoms with Gasteiger partial charge in [0.05, 0.1) is 11.3 Å². The molecule has 0 saturated carbocycles. The molecule has 3 aromatic carbocycles. The molecule has 15 heteroatoms. The zero-order valence-electron chi connectivity index (χ0n) is 25.6. The molecule has 3 aliphatic heterocycles. The van der Waals surface area contributed by atoms with Crippen molar-refractivity contribution in [1.82, 2.24) is 4.90 Å². The van der Waals surface area contributed by atoms with Crippen LogP contribution in [0.3, 0.4) is 0 Å². The fourth-order valence-corrected chi connectivity index (χ4v) is 8.58. The first-order valence-corrected chi connectivity index (χ1v) is 16.3. The van der Waals surface area contributed by atoms with E-state index in [1.165, 1.54) is 31.2 Å². The molecule has 4 atom stereocenters. The number of nitrogens with zero attached hydrogens (tertiary/aromatic N) is 5. The van der Waals surface area contributed by atoms with Gasteiger partial charge in [-0.2, -0.15) is 0 Å². The minimum Gasteiger partial charge on any atom is -0.465 e. The van der Waals surface area contributed by atoms with E-state index in [4.69, 9.17) is 14.2 Å². The highest BCUT2D eigenvalue weighted by Crippen LogP contribution is 2.49. The maximum absolute atomic E-state index is 14.1. The number of β-lactam (4-membered cyclic amide) rings is 1. The number of rotatable bonds is 12. The predicted molar refractivity (Wildman–Crippen MR) is 165 cm³/mol. The van der Waals surface area contributed by atoms with Gasteiger partial charge in [-0.05, 0) is 35.7 Å². The van der Waals surface area contributed by atoms with Crippen molar-refractivity contribution in [2.45, 2.75) is 49.3 Å². The second-order valence-electron chi connectivity index (χ2n) is 11.9. The van der Waals surface area contributed by atoms with E-state index in [0.717, 1.165) is 16.0 Å². The smallest absolute Gasteiger partial charge is 0.386 e. The van der Waals surface area contributed by atoms with Crippen LogP contribution in [0.1, 0.15) is 30.0 Å². The zero-order valence-corrected chi connectivity index (χ0v) is 26.4. The van der Waals surface area contributed by atoms with E-state index in [1.807, 2.05) is 60.7 Å². The van der Waals surface area contributed by atoms with Gasteiger partial charge in [0.2, 0.25) is 5.91 Å². The summed E-state index contributed by atoms with van der Waals surface area (Å²) in [4.78, 5) is 38.0. The largest absolute Gasteiger partial charge is 0.465 e. The SMILES string of the molecule is C[C@]1(C[N+]2(C)N=NC(OCc3ccccc3)=C2OCc2ccccc2)[C@H](C(=O)OCc2ccc([N+](=O)[O-])cc2)N2C(=O)C[C@@H]2S1(=O)=O. The van der Waals surface area contributed by atoms with Crippen LogP contribution in [-0.4, -0.2) is 64.5 Å². The van der Waals surface area contributed by atoms with Crippen LogP contribution in [0.15, 0.2) is 107 Å². The van der Waals surface area contributed by atoms with E-state index in [9.17, 15) is 28.1 Å². The molecule has 3 heterocycles. The Labute approximate surface area is 270 Å². The van der Waals surface area contributed by atoms with Crippen molar-refractivity contribution >= 4 is 27.4 Å². The van der Waals surface area contributed by atoms with Crippen LogP contribution in [0, 0.1) is 10.1 Å². The van der Waals surface area contributed by atoms with E-state index >= 15 is 0 Å². The number of nitro benzene ring substituents is 1. The van der Waals surface area contributed by atoms with Crippen LogP contribution >= 0.6 is 0 Å². The lowest BCUT2D eigenvalue weighted by atomic mass is 9.95. The number of ether oxygens (including phenoxy) is 3. The second kappa shape index (κ2) is 12.2. The first-order chi connectivity index (χ1) is 22.4. The molecule has 2 saturated heterocycles. The van der Waals surface area contributed by atoms with Gasteiger partial charge in [0.25, 0.3) is 5.69 Å². The molecular formula is C32H32N5O9S+. The summed E-state index contributed by atoms with van der Waals surface area (Å²) in [6.45, 7) is 1.03. The molecule has 6 rings (SSSR count). The molecule has 1 amide bonds. The highest BCUT2D eigenvalue weighted by atomic mass is 32.2. The quantitative estimate of drug-likeness (QED) is 0.0910. The average molecular weight is 663 g/mol. The van der Waals surface area contributed by atoms with Gasteiger partial charge in [0.15, 0.2) is 20.6 Å². The van der Waals surface area contributed by atoms with Gasteiger partial charge >= 0.3 is 17.7 Å². The van der Waals surface area contributed by atoms with Gasteiger partial charge in [0.1, 0.15) is 38.8 Å². The Morgan fingerprint density at radius 1 is 0.957 bits per heavy atom. The summed E-state index contributed by atoms with van der Waals surface area (Å²) >= 11 is 0. The number of sulfone groups is 1. The van der Waals surface area contributed by atoms with E-state index in [0.29, 0.717) is 5.56 Å². The van der Waals surface area contributed by atoms with E-state index < -0.39 is 47.4 Å². The Hall–Kier alpha value is -5.15. The minimum atomic E-state index is -4.15.